The number of hydrogen-bond donors (Lipinski definition) is 1. The lowest BCUT2D eigenvalue weighted by Gasteiger charge is -2.37. The average molecular weight is 314 g/mol. The van der Waals surface area contributed by atoms with Crippen LogP contribution in [0.25, 0.3) is 0 Å². The van der Waals surface area contributed by atoms with Gasteiger partial charge in [-0.25, -0.2) is 0 Å². The van der Waals surface area contributed by atoms with Crippen molar-refractivity contribution in [1.82, 2.24) is 0 Å². The van der Waals surface area contributed by atoms with Crippen molar-refractivity contribution in [2.45, 2.75) is 17.3 Å². The number of carbonyl (C=O) groups excluding carboxylic acids is 1. The molecular formula is C18H18O3S. The number of esters is 1. The smallest absolute Gasteiger partial charge is 0.309 e. The van der Waals surface area contributed by atoms with Gasteiger partial charge in [-0.3, -0.25) is 4.79 Å². The molecule has 2 aromatic rings. The minimum atomic E-state index is -1.27. The summed E-state index contributed by atoms with van der Waals surface area (Å²) >= 11 is 1.63. The van der Waals surface area contributed by atoms with Gasteiger partial charge in [0.2, 0.25) is 0 Å². The molecule has 1 aliphatic heterocycles. The third-order valence-corrected chi connectivity index (χ3v) is 5.25. The van der Waals surface area contributed by atoms with Crippen molar-refractivity contribution in [3.05, 3.63) is 71.8 Å². The van der Waals surface area contributed by atoms with E-state index in [1.165, 1.54) is 0 Å². The van der Waals surface area contributed by atoms with Crippen LogP contribution >= 0.6 is 11.8 Å². The van der Waals surface area contributed by atoms with Crippen LogP contribution in [0.5, 0.6) is 0 Å². The lowest BCUT2D eigenvalue weighted by Crippen LogP contribution is -2.37. The zero-order valence-electron chi connectivity index (χ0n) is 12.1. The van der Waals surface area contributed by atoms with Crippen LogP contribution in [0.3, 0.4) is 0 Å². The highest BCUT2D eigenvalue weighted by Gasteiger charge is 2.43. The van der Waals surface area contributed by atoms with Crippen molar-refractivity contribution in [3.8, 4) is 0 Å². The Kier molecular flexibility index (Phi) is 4.50. The standard InChI is InChI=1S/C18H18O3S/c19-16-13-18(20,15-9-5-2-6-10-15)17(22-12-11-21-16)14-7-3-1-4-8-14/h1-10,17,20H,11-13H2/t17-,18-/m1/s1. The van der Waals surface area contributed by atoms with Crippen molar-refractivity contribution >= 4 is 17.7 Å². The first kappa shape index (κ1) is 15.1. The average Bonchev–Trinajstić information content (AvgIpc) is 2.54. The molecule has 0 aromatic heterocycles. The highest BCUT2D eigenvalue weighted by Crippen LogP contribution is 2.47. The fourth-order valence-electron chi connectivity index (χ4n) is 2.80. The highest BCUT2D eigenvalue weighted by atomic mass is 32.2. The van der Waals surface area contributed by atoms with Gasteiger partial charge in [-0.2, -0.15) is 0 Å². The van der Waals surface area contributed by atoms with Crippen LogP contribution in [0.4, 0.5) is 0 Å². The minimum Gasteiger partial charge on any atom is -0.465 e. The van der Waals surface area contributed by atoms with Crippen molar-refractivity contribution in [3.63, 3.8) is 0 Å². The third-order valence-electron chi connectivity index (χ3n) is 3.85. The molecule has 0 unspecified atom stereocenters. The van der Waals surface area contributed by atoms with E-state index in [-0.39, 0.29) is 17.6 Å². The molecule has 3 nitrogen and oxygen atoms in total. The van der Waals surface area contributed by atoms with E-state index in [1.54, 1.807) is 11.8 Å². The first-order valence-electron chi connectivity index (χ1n) is 7.30. The summed E-state index contributed by atoms with van der Waals surface area (Å²) in [5.41, 5.74) is 0.494. The number of rotatable bonds is 2. The Morgan fingerprint density at radius 2 is 1.68 bits per heavy atom. The molecule has 0 saturated carbocycles. The van der Waals surface area contributed by atoms with E-state index >= 15 is 0 Å². The normalized spacial score (nSPS) is 25.9. The van der Waals surface area contributed by atoms with Crippen LogP contribution in [-0.2, 0) is 15.1 Å². The van der Waals surface area contributed by atoms with Gasteiger partial charge >= 0.3 is 5.97 Å². The molecule has 2 atom stereocenters. The van der Waals surface area contributed by atoms with Gasteiger partial charge in [-0.05, 0) is 11.1 Å². The lowest BCUT2D eigenvalue weighted by atomic mass is 9.84. The molecule has 0 bridgehead atoms. The Hall–Kier alpha value is -1.78. The predicted molar refractivity (Wildman–Crippen MR) is 87.6 cm³/mol. The second kappa shape index (κ2) is 6.55. The zero-order valence-corrected chi connectivity index (χ0v) is 13.0. The first-order valence-corrected chi connectivity index (χ1v) is 8.35. The van der Waals surface area contributed by atoms with Crippen LogP contribution in [-0.4, -0.2) is 23.4 Å². The summed E-state index contributed by atoms with van der Waals surface area (Å²) in [5.74, 6) is 0.313. The quantitative estimate of drug-likeness (QED) is 0.864. The fraction of sp³-hybridized carbons (Fsp3) is 0.278. The lowest BCUT2D eigenvalue weighted by molar-refractivity contribution is -0.149. The molecule has 1 heterocycles. The SMILES string of the molecule is O=C1C[C@@](O)(c2ccccc2)[C@@H](c2ccccc2)SCCO1. The summed E-state index contributed by atoms with van der Waals surface area (Å²) in [6.45, 7) is 0.387. The highest BCUT2D eigenvalue weighted by molar-refractivity contribution is 7.99. The molecule has 3 rings (SSSR count). The van der Waals surface area contributed by atoms with Crippen molar-refractivity contribution in [2.24, 2.45) is 0 Å². The van der Waals surface area contributed by atoms with Crippen LogP contribution in [0, 0.1) is 0 Å². The maximum Gasteiger partial charge on any atom is 0.309 e. The number of cyclic esters (lactones) is 1. The molecule has 0 aliphatic carbocycles. The van der Waals surface area contributed by atoms with Crippen LogP contribution in [0.15, 0.2) is 60.7 Å². The summed E-state index contributed by atoms with van der Waals surface area (Å²) in [6.07, 6.45) is -0.0381. The maximum atomic E-state index is 12.0. The van der Waals surface area contributed by atoms with Gasteiger partial charge in [-0.15, -0.1) is 11.8 Å². The van der Waals surface area contributed by atoms with E-state index in [2.05, 4.69) is 0 Å². The van der Waals surface area contributed by atoms with Crippen molar-refractivity contribution in [1.29, 1.82) is 0 Å². The number of ether oxygens (including phenoxy) is 1. The summed E-state index contributed by atoms with van der Waals surface area (Å²) in [6, 6.07) is 19.3. The number of benzene rings is 2. The van der Waals surface area contributed by atoms with Gasteiger partial charge < -0.3 is 9.84 Å². The van der Waals surface area contributed by atoms with Gasteiger partial charge in [0, 0.05) is 5.75 Å². The minimum absolute atomic E-state index is 0.0381. The van der Waals surface area contributed by atoms with Crippen molar-refractivity contribution < 1.29 is 14.6 Å². The van der Waals surface area contributed by atoms with E-state index in [0.717, 1.165) is 11.1 Å². The second-order valence-electron chi connectivity index (χ2n) is 5.35. The first-order chi connectivity index (χ1) is 10.7. The molecule has 1 fully saturated rings. The molecule has 0 spiro atoms. The maximum absolute atomic E-state index is 12.0. The largest absolute Gasteiger partial charge is 0.465 e. The van der Waals surface area contributed by atoms with E-state index in [1.807, 2.05) is 60.7 Å². The van der Waals surface area contributed by atoms with Crippen LogP contribution in [0.1, 0.15) is 22.8 Å². The summed E-state index contributed by atoms with van der Waals surface area (Å²) < 4.78 is 5.16. The number of aliphatic hydroxyl groups is 1. The Morgan fingerprint density at radius 1 is 1.05 bits per heavy atom. The molecule has 22 heavy (non-hydrogen) atoms. The Balaban J connectivity index is 2.07. The molecule has 1 saturated heterocycles. The number of hydrogen-bond acceptors (Lipinski definition) is 4. The zero-order chi connectivity index (χ0) is 15.4. The van der Waals surface area contributed by atoms with Crippen LogP contribution in [0.2, 0.25) is 0 Å². The third kappa shape index (κ3) is 3.03. The molecule has 114 valence electrons. The van der Waals surface area contributed by atoms with Gasteiger partial charge in [0.1, 0.15) is 12.2 Å². The molecule has 4 heteroatoms. The topological polar surface area (TPSA) is 46.5 Å². The number of thioether (sulfide) groups is 1. The molecule has 1 aliphatic rings. The molecule has 0 amide bonds. The van der Waals surface area contributed by atoms with Crippen molar-refractivity contribution in [2.75, 3.05) is 12.4 Å². The fourth-order valence-corrected chi connectivity index (χ4v) is 4.06. The predicted octanol–water partition coefficient (Wildman–Crippen LogP) is 3.30. The monoisotopic (exact) mass is 314 g/mol. The van der Waals surface area contributed by atoms with Crippen LogP contribution < -0.4 is 0 Å². The molecule has 0 radical (unpaired) electrons. The van der Waals surface area contributed by atoms with Gasteiger partial charge in [-0.1, -0.05) is 60.7 Å². The Morgan fingerprint density at radius 3 is 2.36 bits per heavy atom. The summed E-state index contributed by atoms with van der Waals surface area (Å²) in [7, 11) is 0. The van der Waals surface area contributed by atoms with Gasteiger partial charge in [0.15, 0.2) is 0 Å². The molecule has 2 aromatic carbocycles. The van der Waals surface area contributed by atoms with E-state index in [4.69, 9.17) is 4.74 Å². The summed E-state index contributed by atoms with van der Waals surface area (Å²) in [4.78, 5) is 12.0. The van der Waals surface area contributed by atoms with Gasteiger partial charge in [0.05, 0.1) is 11.7 Å². The van der Waals surface area contributed by atoms with E-state index < -0.39 is 5.60 Å². The molecular weight excluding hydrogens is 296 g/mol. The molecule has 1 N–H and O–H groups in total. The van der Waals surface area contributed by atoms with Gasteiger partial charge in [0.25, 0.3) is 0 Å². The second-order valence-corrected chi connectivity index (χ2v) is 6.56. The number of carbonyl (C=O) groups is 1. The summed E-state index contributed by atoms with van der Waals surface area (Å²) in [5, 5.41) is 11.2. The van der Waals surface area contributed by atoms with E-state index in [0.29, 0.717) is 12.4 Å². The Bertz CT molecular complexity index is 629. The van der Waals surface area contributed by atoms with E-state index in [9.17, 15) is 9.90 Å². The Labute approximate surface area is 134 Å².